The second-order valence-corrected chi connectivity index (χ2v) is 5.57. The van der Waals surface area contributed by atoms with Gasteiger partial charge in [-0.15, -0.1) is 0 Å². The highest BCUT2D eigenvalue weighted by atomic mass is 35.5. The Balaban J connectivity index is 1.86. The smallest absolute Gasteiger partial charge is 0.407 e. The molecule has 0 radical (unpaired) electrons. The molecule has 0 atom stereocenters. The van der Waals surface area contributed by atoms with Crippen LogP contribution in [0.1, 0.15) is 5.56 Å². The first-order valence-electron chi connectivity index (χ1n) is 7.06. The van der Waals surface area contributed by atoms with Crippen LogP contribution in [-0.4, -0.2) is 52.2 Å². The van der Waals surface area contributed by atoms with Crippen LogP contribution < -0.4 is 4.90 Å². The second kappa shape index (κ2) is 6.18. The number of nitrogens with one attached hydrogen (secondary N) is 1. The van der Waals surface area contributed by atoms with E-state index in [9.17, 15) is 10.1 Å². The summed E-state index contributed by atoms with van der Waals surface area (Å²) in [5.41, 5.74) is 2.15. The summed E-state index contributed by atoms with van der Waals surface area (Å²) in [6.45, 7) is 1.90. The minimum atomic E-state index is -0.913. The Morgan fingerprint density at radius 2 is 2.09 bits per heavy atom. The lowest BCUT2D eigenvalue weighted by molar-refractivity contribution is 0.142. The zero-order valence-electron chi connectivity index (χ0n) is 12.2. The van der Waals surface area contributed by atoms with Gasteiger partial charge in [-0.2, -0.15) is 5.26 Å². The van der Waals surface area contributed by atoms with E-state index in [-0.39, 0.29) is 0 Å². The summed E-state index contributed by atoms with van der Waals surface area (Å²) in [5, 5.41) is 18.7. The molecular formula is C15H14ClN5O2. The number of aromatic amines is 1. The fourth-order valence-electron chi connectivity index (χ4n) is 2.63. The van der Waals surface area contributed by atoms with Crippen LogP contribution >= 0.6 is 11.6 Å². The number of halogens is 1. The maximum Gasteiger partial charge on any atom is 0.407 e. The lowest BCUT2D eigenvalue weighted by atomic mass is 10.2. The first kappa shape index (κ1) is 15.2. The maximum absolute atomic E-state index is 11.0. The molecule has 23 heavy (non-hydrogen) atoms. The number of amides is 1. The fourth-order valence-corrected chi connectivity index (χ4v) is 2.80. The van der Waals surface area contributed by atoms with Crippen molar-refractivity contribution in [3.63, 3.8) is 0 Å². The number of piperazine rings is 1. The maximum atomic E-state index is 11.0. The van der Waals surface area contributed by atoms with Gasteiger partial charge in [-0.25, -0.2) is 9.78 Å². The summed E-state index contributed by atoms with van der Waals surface area (Å²) in [6.07, 6.45) is 0.694. The number of pyridine rings is 1. The molecule has 0 bridgehead atoms. The van der Waals surface area contributed by atoms with Crippen molar-refractivity contribution in [1.29, 1.82) is 5.26 Å². The van der Waals surface area contributed by atoms with E-state index in [4.69, 9.17) is 16.7 Å². The molecule has 2 aromatic rings. The summed E-state index contributed by atoms with van der Waals surface area (Å²) in [7, 11) is 0. The molecule has 0 spiro atoms. The van der Waals surface area contributed by atoms with Crippen molar-refractivity contribution in [3.05, 3.63) is 35.1 Å². The molecule has 0 aromatic carbocycles. The van der Waals surface area contributed by atoms with Crippen molar-refractivity contribution < 1.29 is 9.90 Å². The Morgan fingerprint density at radius 1 is 1.35 bits per heavy atom. The Hall–Kier alpha value is -2.72. The topological polar surface area (TPSA) is 96.3 Å². The normalized spacial score (nSPS) is 14.6. The predicted octanol–water partition coefficient (Wildman–Crippen LogP) is 2.40. The van der Waals surface area contributed by atoms with Crippen molar-refractivity contribution in [2.45, 2.75) is 0 Å². The van der Waals surface area contributed by atoms with Gasteiger partial charge in [-0.05, 0) is 18.2 Å². The third kappa shape index (κ3) is 3.07. The first-order chi connectivity index (χ1) is 11.1. The predicted molar refractivity (Wildman–Crippen MR) is 85.6 cm³/mol. The third-order valence-electron chi connectivity index (χ3n) is 3.82. The van der Waals surface area contributed by atoms with Gasteiger partial charge >= 0.3 is 6.09 Å². The lowest BCUT2D eigenvalue weighted by Gasteiger charge is -2.33. The summed E-state index contributed by atoms with van der Waals surface area (Å²) < 4.78 is 0. The second-order valence-electron chi connectivity index (χ2n) is 5.18. The van der Waals surface area contributed by atoms with Crippen LogP contribution in [0.5, 0.6) is 0 Å². The monoisotopic (exact) mass is 331 g/mol. The SMILES string of the molecule is N#Cc1cc(-c2ccnc(Cl)c2)[nH]c1N1CCN(C(=O)O)CC1. The number of hydrogen-bond acceptors (Lipinski definition) is 4. The van der Waals surface area contributed by atoms with Gasteiger partial charge in [0.1, 0.15) is 17.0 Å². The van der Waals surface area contributed by atoms with Crippen molar-refractivity contribution >= 4 is 23.5 Å². The van der Waals surface area contributed by atoms with E-state index in [1.807, 2.05) is 11.0 Å². The molecule has 2 aromatic heterocycles. The Bertz CT molecular complexity index is 774. The molecule has 1 aliphatic heterocycles. The van der Waals surface area contributed by atoms with Crippen molar-refractivity contribution in [2.75, 3.05) is 31.1 Å². The highest BCUT2D eigenvalue weighted by molar-refractivity contribution is 6.29. The molecular weight excluding hydrogens is 318 g/mol. The minimum absolute atomic E-state index is 0.382. The summed E-state index contributed by atoms with van der Waals surface area (Å²) >= 11 is 5.91. The zero-order valence-corrected chi connectivity index (χ0v) is 12.9. The minimum Gasteiger partial charge on any atom is -0.465 e. The molecule has 1 saturated heterocycles. The zero-order chi connectivity index (χ0) is 16.4. The number of nitrogens with zero attached hydrogens (tertiary/aromatic N) is 4. The lowest BCUT2D eigenvalue weighted by Crippen LogP contribution is -2.48. The largest absolute Gasteiger partial charge is 0.465 e. The van der Waals surface area contributed by atoms with Gasteiger partial charge in [0.05, 0.1) is 5.56 Å². The Morgan fingerprint density at radius 3 is 2.70 bits per heavy atom. The van der Waals surface area contributed by atoms with Gasteiger partial charge in [0.25, 0.3) is 0 Å². The van der Waals surface area contributed by atoms with Gasteiger partial charge in [-0.1, -0.05) is 11.6 Å². The van der Waals surface area contributed by atoms with E-state index in [1.54, 1.807) is 18.3 Å². The summed E-state index contributed by atoms with van der Waals surface area (Å²) in [4.78, 5) is 21.5. The van der Waals surface area contributed by atoms with Gasteiger partial charge in [0.15, 0.2) is 0 Å². The summed E-state index contributed by atoms with van der Waals surface area (Å²) in [6, 6.07) is 7.48. The quantitative estimate of drug-likeness (QED) is 0.824. The number of rotatable bonds is 2. The van der Waals surface area contributed by atoms with Crippen LogP contribution in [0.15, 0.2) is 24.4 Å². The van der Waals surface area contributed by atoms with Crippen LogP contribution in [0, 0.1) is 11.3 Å². The molecule has 2 N–H and O–H groups in total. The molecule has 0 aliphatic carbocycles. The van der Waals surface area contributed by atoms with Gasteiger partial charge in [0, 0.05) is 43.6 Å². The van der Waals surface area contributed by atoms with Crippen LogP contribution in [0.2, 0.25) is 5.15 Å². The molecule has 0 unspecified atom stereocenters. The van der Waals surface area contributed by atoms with Crippen LogP contribution in [-0.2, 0) is 0 Å². The molecule has 3 rings (SSSR count). The fraction of sp³-hybridized carbons (Fsp3) is 0.267. The number of H-pyrrole nitrogens is 1. The standard InChI is InChI=1S/C15H14ClN5O2/c16-13-8-10(1-2-18-13)12-7-11(9-17)14(19-12)20-3-5-21(6-4-20)15(22)23/h1-2,7-8,19H,3-6H2,(H,22,23). The van der Waals surface area contributed by atoms with Gasteiger partial charge in [0.2, 0.25) is 0 Å². The number of aromatic nitrogens is 2. The van der Waals surface area contributed by atoms with Gasteiger partial charge < -0.3 is 19.9 Å². The molecule has 7 nitrogen and oxygen atoms in total. The molecule has 0 saturated carbocycles. The molecule has 1 amide bonds. The van der Waals surface area contributed by atoms with Crippen molar-refractivity contribution in [3.8, 4) is 17.3 Å². The average molecular weight is 332 g/mol. The third-order valence-corrected chi connectivity index (χ3v) is 4.03. The van der Waals surface area contributed by atoms with E-state index < -0.39 is 6.09 Å². The van der Waals surface area contributed by atoms with Gasteiger partial charge in [-0.3, -0.25) is 0 Å². The number of anilines is 1. The first-order valence-corrected chi connectivity index (χ1v) is 7.44. The van der Waals surface area contributed by atoms with Crippen LogP contribution in [0.25, 0.3) is 11.3 Å². The van der Waals surface area contributed by atoms with E-state index >= 15 is 0 Å². The van der Waals surface area contributed by atoms with E-state index in [0.717, 1.165) is 11.3 Å². The molecule has 1 fully saturated rings. The van der Waals surface area contributed by atoms with Crippen molar-refractivity contribution in [2.24, 2.45) is 0 Å². The summed E-state index contributed by atoms with van der Waals surface area (Å²) in [5.74, 6) is 0.709. The molecule has 8 heteroatoms. The van der Waals surface area contributed by atoms with Crippen molar-refractivity contribution in [1.82, 2.24) is 14.9 Å². The number of carbonyl (C=O) groups is 1. The Labute approximate surface area is 137 Å². The highest BCUT2D eigenvalue weighted by Gasteiger charge is 2.23. The van der Waals surface area contributed by atoms with E-state index in [2.05, 4.69) is 16.0 Å². The molecule has 3 heterocycles. The number of hydrogen-bond donors (Lipinski definition) is 2. The molecule has 118 valence electrons. The highest BCUT2D eigenvalue weighted by Crippen LogP contribution is 2.28. The Kier molecular flexibility index (Phi) is 4.08. The number of carboxylic acid groups (broad SMARTS) is 1. The van der Waals surface area contributed by atoms with Crippen LogP contribution in [0.4, 0.5) is 10.6 Å². The van der Waals surface area contributed by atoms with E-state index in [0.29, 0.717) is 42.7 Å². The van der Waals surface area contributed by atoms with E-state index in [1.165, 1.54) is 4.90 Å². The van der Waals surface area contributed by atoms with Crippen LogP contribution in [0.3, 0.4) is 0 Å². The molecule has 1 aliphatic rings. The average Bonchev–Trinajstić information content (AvgIpc) is 2.99. The number of nitriles is 1.